The summed E-state index contributed by atoms with van der Waals surface area (Å²) in [6.07, 6.45) is 6.69. The van der Waals surface area contributed by atoms with Gasteiger partial charge in [-0.25, -0.2) is 18.1 Å². The minimum absolute atomic E-state index is 0.0316. The lowest BCUT2D eigenvalue weighted by atomic mass is 10.3. The highest BCUT2D eigenvalue weighted by molar-refractivity contribution is 7.91. The molecule has 0 bridgehead atoms. The number of hydrogen-bond donors (Lipinski definition) is 1. The van der Waals surface area contributed by atoms with Crippen molar-refractivity contribution in [2.45, 2.75) is 23.1 Å². The molecular formula is C8H9ClN2O2S2. The Morgan fingerprint density at radius 2 is 2.13 bits per heavy atom. The molecule has 0 fully saturated rings. The van der Waals surface area contributed by atoms with Gasteiger partial charge in [0.05, 0.1) is 6.20 Å². The molecule has 0 aliphatic heterocycles. The second-order valence-corrected chi connectivity index (χ2v) is 6.75. The topological polar surface area (TPSA) is 59.1 Å². The molecule has 0 spiro atoms. The Kier molecular flexibility index (Phi) is 3.11. The molecule has 2 rings (SSSR count). The van der Waals surface area contributed by atoms with E-state index >= 15 is 0 Å². The molecule has 15 heavy (non-hydrogen) atoms. The third kappa shape index (κ3) is 2.57. The normalized spacial score (nSPS) is 17.4. The van der Waals surface area contributed by atoms with E-state index in [1.54, 1.807) is 0 Å². The molecule has 0 saturated heterocycles. The van der Waals surface area contributed by atoms with Gasteiger partial charge in [-0.1, -0.05) is 35.1 Å². The van der Waals surface area contributed by atoms with Crippen LogP contribution < -0.4 is 4.72 Å². The fraction of sp³-hybridized carbons (Fsp3) is 0.375. The molecule has 1 N–H and O–H groups in total. The van der Waals surface area contributed by atoms with Crippen LogP contribution in [0.25, 0.3) is 0 Å². The first-order chi connectivity index (χ1) is 7.08. The Morgan fingerprint density at radius 1 is 1.47 bits per heavy atom. The lowest BCUT2D eigenvalue weighted by Crippen LogP contribution is -2.32. The molecule has 1 aromatic rings. The van der Waals surface area contributed by atoms with E-state index in [1.165, 1.54) is 6.20 Å². The van der Waals surface area contributed by atoms with Crippen LogP contribution in [0.3, 0.4) is 0 Å². The summed E-state index contributed by atoms with van der Waals surface area (Å²) in [5.41, 5.74) is 0. The summed E-state index contributed by atoms with van der Waals surface area (Å²) in [6, 6.07) is -0.0316. The van der Waals surface area contributed by atoms with Crippen molar-refractivity contribution in [2.24, 2.45) is 0 Å². The van der Waals surface area contributed by atoms with Crippen LogP contribution in [0.5, 0.6) is 0 Å². The summed E-state index contributed by atoms with van der Waals surface area (Å²) in [6.45, 7) is 0. The second kappa shape index (κ2) is 4.21. The molecule has 4 nitrogen and oxygen atoms in total. The van der Waals surface area contributed by atoms with Crippen LogP contribution in [0.1, 0.15) is 12.8 Å². The van der Waals surface area contributed by atoms with Crippen LogP contribution in [0.2, 0.25) is 4.47 Å². The van der Waals surface area contributed by atoms with E-state index < -0.39 is 10.0 Å². The Bertz CT molecular complexity index is 473. The quantitative estimate of drug-likeness (QED) is 0.847. The van der Waals surface area contributed by atoms with Crippen molar-refractivity contribution in [1.29, 1.82) is 0 Å². The van der Waals surface area contributed by atoms with E-state index in [0.29, 0.717) is 0 Å². The maximum Gasteiger partial charge on any atom is 0.251 e. The summed E-state index contributed by atoms with van der Waals surface area (Å²) >= 11 is 6.55. The predicted molar refractivity (Wildman–Crippen MR) is 59.6 cm³/mol. The average molecular weight is 265 g/mol. The van der Waals surface area contributed by atoms with Crippen LogP contribution in [0.4, 0.5) is 0 Å². The van der Waals surface area contributed by atoms with Gasteiger partial charge in [-0.05, 0) is 12.8 Å². The van der Waals surface area contributed by atoms with E-state index in [0.717, 1.165) is 24.2 Å². The van der Waals surface area contributed by atoms with Crippen molar-refractivity contribution in [1.82, 2.24) is 9.71 Å². The number of nitrogens with one attached hydrogen (secondary N) is 1. The Morgan fingerprint density at radius 3 is 2.67 bits per heavy atom. The predicted octanol–water partition coefficient (Wildman–Crippen LogP) is 1.79. The minimum Gasteiger partial charge on any atom is -0.232 e. The van der Waals surface area contributed by atoms with E-state index in [9.17, 15) is 8.42 Å². The molecule has 1 aliphatic carbocycles. The number of aromatic nitrogens is 1. The van der Waals surface area contributed by atoms with Gasteiger partial charge in [0.1, 0.15) is 0 Å². The molecule has 7 heteroatoms. The molecule has 1 aromatic heterocycles. The number of nitrogens with zero attached hydrogens (tertiary/aromatic N) is 1. The lowest BCUT2D eigenvalue weighted by molar-refractivity contribution is 0.559. The smallest absolute Gasteiger partial charge is 0.232 e. The van der Waals surface area contributed by atoms with Gasteiger partial charge in [0, 0.05) is 6.04 Å². The summed E-state index contributed by atoms with van der Waals surface area (Å²) in [7, 11) is -3.44. The molecule has 0 amide bonds. The van der Waals surface area contributed by atoms with Gasteiger partial charge in [0.2, 0.25) is 0 Å². The number of rotatable bonds is 3. The molecule has 0 atom stereocenters. The van der Waals surface area contributed by atoms with Crippen LogP contribution in [0, 0.1) is 0 Å². The van der Waals surface area contributed by atoms with Crippen molar-refractivity contribution in [3.8, 4) is 0 Å². The third-order valence-electron chi connectivity index (χ3n) is 2.05. The molecule has 82 valence electrons. The van der Waals surface area contributed by atoms with E-state index in [-0.39, 0.29) is 14.7 Å². The van der Waals surface area contributed by atoms with E-state index in [1.807, 2.05) is 12.2 Å². The number of hydrogen-bond acceptors (Lipinski definition) is 4. The molecule has 0 saturated carbocycles. The molecular weight excluding hydrogens is 256 g/mol. The Labute approximate surface area is 97.0 Å². The van der Waals surface area contributed by atoms with Crippen LogP contribution in [0.15, 0.2) is 22.6 Å². The van der Waals surface area contributed by atoms with Crippen molar-refractivity contribution in [3.63, 3.8) is 0 Å². The molecule has 0 aromatic carbocycles. The van der Waals surface area contributed by atoms with Gasteiger partial charge in [0.15, 0.2) is 8.68 Å². The van der Waals surface area contributed by atoms with Crippen molar-refractivity contribution >= 4 is 33.0 Å². The third-order valence-corrected chi connectivity index (χ3v) is 5.15. The maximum atomic E-state index is 11.8. The standard InChI is InChI=1S/C8H9ClN2O2S2/c9-8-10-5-7(14-8)15(12,13)11-6-3-1-2-4-6/h1-2,5-6,11H,3-4H2. The zero-order valence-corrected chi connectivity index (χ0v) is 10.1. The van der Waals surface area contributed by atoms with Crippen LogP contribution >= 0.6 is 22.9 Å². The van der Waals surface area contributed by atoms with Gasteiger partial charge >= 0.3 is 0 Å². The van der Waals surface area contributed by atoms with Gasteiger partial charge in [-0.15, -0.1) is 0 Å². The highest BCUT2D eigenvalue weighted by Crippen LogP contribution is 2.23. The average Bonchev–Trinajstić information content (AvgIpc) is 2.75. The molecule has 1 aliphatic rings. The van der Waals surface area contributed by atoms with Crippen molar-refractivity contribution in [3.05, 3.63) is 22.8 Å². The number of halogens is 1. The Balaban J connectivity index is 2.13. The van der Waals surface area contributed by atoms with Crippen LogP contribution in [-0.2, 0) is 10.0 Å². The lowest BCUT2D eigenvalue weighted by Gasteiger charge is -2.10. The van der Waals surface area contributed by atoms with Gasteiger partial charge < -0.3 is 0 Å². The first-order valence-electron chi connectivity index (χ1n) is 4.36. The van der Waals surface area contributed by atoms with Crippen molar-refractivity contribution in [2.75, 3.05) is 0 Å². The fourth-order valence-electron chi connectivity index (χ4n) is 1.35. The highest BCUT2D eigenvalue weighted by Gasteiger charge is 2.22. The number of sulfonamides is 1. The minimum atomic E-state index is -3.44. The van der Waals surface area contributed by atoms with E-state index in [2.05, 4.69) is 9.71 Å². The zero-order valence-electron chi connectivity index (χ0n) is 7.68. The highest BCUT2D eigenvalue weighted by atomic mass is 35.5. The second-order valence-electron chi connectivity index (χ2n) is 3.19. The first-order valence-corrected chi connectivity index (χ1v) is 7.04. The Hall–Kier alpha value is -0.430. The molecule has 1 heterocycles. The van der Waals surface area contributed by atoms with Gasteiger partial charge in [0.25, 0.3) is 10.0 Å². The number of thiazole rings is 1. The maximum absolute atomic E-state index is 11.8. The fourth-order valence-corrected chi connectivity index (χ4v) is 3.93. The monoisotopic (exact) mass is 264 g/mol. The summed E-state index contributed by atoms with van der Waals surface area (Å²) < 4.78 is 26.6. The van der Waals surface area contributed by atoms with Gasteiger partial charge in [-0.2, -0.15) is 0 Å². The largest absolute Gasteiger partial charge is 0.251 e. The van der Waals surface area contributed by atoms with Crippen molar-refractivity contribution < 1.29 is 8.42 Å². The summed E-state index contributed by atoms with van der Waals surface area (Å²) in [4.78, 5) is 3.71. The van der Waals surface area contributed by atoms with E-state index in [4.69, 9.17) is 11.6 Å². The SMILES string of the molecule is O=S(=O)(NC1CC=CC1)c1cnc(Cl)s1. The molecule has 0 radical (unpaired) electrons. The summed E-state index contributed by atoms with van der Waals surface area (Å²) in [5.74, 6) is 0. The molecule has 0 unspecified atom stereocenters. The van der Waals surface area contributed by atoms with Crippen LogP contribution in [-0.4, -0.2) is 19.4 Å². The van der Waals surface area contributed by atoms with Gasteiger partial charge in [-0.3, -0.25) is 0 Å². The first kappa shape index (κ1) is 11.1. The zero-order chi connectivity index (χ0) is 10.9. The summed E-state index contributed by atoms with van der Waals surface area (Å²) in [5, 5.41) is 0.